The van der Waals surface area contributed by atoms with Crippen LogP contribution in [0.5, 0.6) is 28.7 Å². The van der Waals surface area contributed by atoms with Gasteiger partial charge in [0.25, 0.3) is 10.2 Å². The lowest BCUT2D eigenvalue weighted by atomic mass is 9.78. The van der Waals surface area contributed by atoms with Gasteiger partial charge in [-0.25, -0.2) is 9.59 Å². The molecule has 0 aromatic heterocycles. The second kappa shape index (κ2) is 24.7. The van der Waals surface area contributed by atoms with Gasteiger partial charge in [0.15, 0.2) is 0 Å². The fourth-order valence-corrected chi connectivity index (χ4v) is 8.01. The molecule has 3 atom stereocenters. The molecule has 0 bridgehead atoms. The molecule has 6 aromatic carbocycles. The van der Waals surface area contributed by atoms with Crippen LogP contribution in [0.2, 0.25) is 0 Å². The number of rotatable bonds is 23. The van der Waals surface area contributed by atoms with Crippen LogP contribution >= 0.6 is 0 Å². The predicted molar refractivity (Wildman–Crippen MR) is 251 cm³/mol. The number of carbonyl (C=O) groups is 2. The zero-order chi connectivity index (χ0) is 49.2. The highest BCUT2D eigenvalue weighted by molar-refractivity contribution is 5.89. The first-order chi connectivity index (χ1) is 34.0. The van der Waals surface area contributed by atoms with E-state index in [9.17, 15) is 29.8 Å². The number of ether oxygens (including phenoxy) is 8. The third-order valence-corrected chi connectivity index (χ3v) is 11.3. The standard InChI is InChI=1S/C51H51N3O16/c1-61-46-11-6-4-9-40(46)33-63-24-7-25-64-42-22-16-38(17-23-42)49-41(34-66-51(56)70-44-20-14-36(15-21-44)32-68-54(59)60)28-52(50(55)69-43-18-12-35(13-19-43)31-67-53(57)58)29-48(49)65-30-37-26-39-8-3-5-10-45(39)47(27-37)62-2/h3-6,8-23,26-27,41,48-49H,7,24-25,28-34H2,1-2H3. The first kappa shape index (κ1) is 49.7. The van der Waals surface area contributed by atoms with Gasteiger partial charge >= 0.3 is 12.2 Å². The quantitative estimate of drug-likeness (QED) is 0.0192. The second-order valence-corrected chi connectivity index (χ2v) is 16.0. The summed E-state index contributed by atoms with van der Waals surface area (Å²) in [5.74, 6) is 1.32. The second-order valence-electron chi connectivity index (χ2n) is 16.0. The topological polar surface area (TPSA) is 216 Å². The number of likely N-dealkylation sites (tertiary alicyclic amines) is 1. The summed E-state index contributed by atoms with van der Waals surface area (Å²) in [6.45, 7) is 0.753. The largest absolute Gasteiger partial charge is 0.513 e. The molecule has 7 rings (SSSR count). The number of nitrogens with zero attached hydrogens (tertiary/aromatic N) is 3. The molecule has 0 saturated carbocycles. The Morgan fingerprint density at radius 2 is 1.27 bits per heavy atom. The number of benzene rings is 6. The molecule has 0 aliphatic carbocycles. The molecule has 70 heavy (non-hydrogen) atoms. The zero-order valence-electron chi connectivity index (χ0n) is 38.4. The van der Waals surface area contributed by atoms with E-state index >= 15 is 0 Å². The van der Waals surface area contributed by atoms with E-state index in [0.717, 1.165) is 33.2 Å². The smallest absolute Gasteiger partial charge is 0.496 e. The minimum atomic E-state index is -1.02. The van der Waals surface area contributed by atoms with Gasteiger partial charge in [0.2, 0.25) is 0 Å². The van der Waals surface area contributed by atoms with Gasteiger partial charge in [-0.2, -0.15) is 0 Å². The van der Waals surface area contributed by atoms with E-state index in [2.05, 4.69) is 9.68 Å². The third kappa shape index (κ3) is 14.2. The molecule has 6 aromatic rings. The van der Waals surface area contributed by atoms with Crippen molar-refractivity contribution in [1.82, 2.24) is 4.90 Å². The molecule has 1 amide bonds. The summed E-state index contributed by atoms with van der Waals surface area (Å²) in [5.41, 5.74) is 3.56. The lowest BCUT2D eigenvalue weighted by Crippen LogP contribution is -2.53. The summed E-state index contributed by atoms with van der Waals surface area (Å²) in [5, 5.41) is 21.4. The number of carbonyl (C=O) groups excluding carboxylic acids is 2. The first-order valence-electron chi connectivity index (χ1n) is 22.2. The van der Waals surface area contributed by atoms with Gasteiger partial charge in [-0.15, -0.1) is 20.2 Å². The van der Waals surface area contributed by atoms with Gasteiger partial charge in [-0.1, -0.05) is 78.9 Å². The molecule has 0 spiro atoms. The maximum Gasteiger partial charge on any atom is 0.513 e. The lowest BCUT2D eigenvalue weighted by Gasteiger charge is -2.43. The van der Waals surface area contributed by atoms with Crippen molar-refractivity contribution in [2.24, 2.45) is 5.92 Å². The lowest BCUT2D eigenvalue weighted by molar-refractivity contribution is -0.763. The molecular weight excluding hydrogens is 911 g/mol. The number of hydrogen-bond donors (Lipinski definition) is 0. The Kier molecular flexibility index (Phi) is 17.6. The summed E-state index contributed by atoms with van der Waals surface area (Å²) in [6.07, 6.45) is -1.79. The minimum Gasteiger partial charge on any atom is -0.496 e. The highest BCUT2D eigenvalue weighted by Gasteiger charge is 2.42. The number of piperidine rings is 1. The number of amides is 1. The van der Waals surface area contributed by atoms with E-state index in [1.165, 1.54) is 41.3 Å². The zero-order valence-corrected chi connectivity index (χ0v) is 38.4. The summed E-state index contributed by atoms with van der Waals surface area (Å²) >= 11 is 0. The molecule has 1 heterocycles. The molecule has 19 heteroatoms. The van der Waals surface area contributed by atoms with Crippen LogP contribution in [0.4, 0.5) is 9.59 Å². The molecule has 1 saturated heterocycles. The van der Waals surface area contributed by atoms with E-state index < -0.39 is 40.4 Å². The van der Waals surface area contributed by atoms with Crippen LogP contribution in [-0.2, 0) is 50.3 Å². The number of fused-ring (bicyclic) bond motifs is 1. The van der Waals surface area contributed by atoms with Crippen molar-refractivity contribution in [2.75, 3.05) is 47.1 Å². The average Bonchev–Trinajstić information content (AvgIpc) is 3.37. The fraction of sp³-hybridized carbons (Fsp3) is 0.294. The van der Waals surface area contributed by atoms with E-state index in [1.807, 2.05) is 84.9 Å². The summed E-state index contributed by atoms with van der Waals surface area (Å²) in [4.78, 5) is 59.0. The number of methoxy groups -OCH3 is 2. The van der Waals surface area contributed by atoms with Crippen molar-refractivity contribution < 1.29 is 67.3 Å². The van der Waals surface area contributed by atoms with E-state index in [0.29, 0.717) is 48.9 Å². The highest BCUT2D eigenvalue weighted by atomic mass is 17.0. The van der Waals surface area contributed by atoms with Crippen LogP contribution in [0.15, 0.2) is 133 Å². The fourth-order valence-electron chi connectivity index (χ4n) is 8.01. The van der Waals surface area contributed by atoms with Crippen molar-refractivity contribution in [3.05, 3.63) is 182 Å². The molecule has 1 aliphatic heterocycles. The van der Waals surface area contributed by atoms with Crippen LogP contribution in [0.3, 0.4) is 0 Å². The number of para-hydroxylation sites is 1. The Morgan fingerprint density at radius 1 is 0.643 bits per heavy atom. The summed E-state index contributed by atoms with van der Waals surface area (Å²) in [6, 6.07) is 39.0. The Bertz CT molecular complexity index is 2680. The van der Waals surface area contributed by atoms with Crippen LogP contribution < -0.4 is 23.7 Å². The van der Waals surface area contributed by atoms with Gasteiger partial charge in [-0.3, -0.25) is 0 Å². The van der Waals surface area contributed by atoms with Crippen LogP contribution in [-0.4, -0.2) is 80.6 Å². The Balaban J connectivity index is 1.10. The van der Waals surface area contributed by atoms with Crippen molar-refractivity contribution in [3.63, 3.8) is 0 Å². The Morgan fingerprint density at radius 3 is 1.94 bits per heavy atom. The van der Waals surface area contributed by atoms with E-state index in [4.69, 9.17) is 37.9 Å². The monoisotopic (exact) mass is 961 g/mol. The summed E-state index contributed by atoms with van der Waals surface area (Å²) in [7, 11) is 3.23. The van der Waals surface area contributed by atoms with Crippen molar-refractivity contribution >= 4 is 23.0 Å². The van der Waals surface area contributed by atoms with E-state index in [-0.39, 0.29) is 51.0 Å². The normalized spacial score (nSPS) is 15.3. The summed E-state index contributed by atoms with van der Waals surface area (Å²) < 4.78 is 46.9. The molecule has 3 unspecified atom stereocenters. The average molecular weight is 962 g/mol. The van der Waals surface area contributed by atoms with Gasteiger partial charge in [0, 0.05) is 35.8 Å². The molecule has 19 nitrogen and oxygen atoms in total. The molecule has 1 aliphatic rings. The van der Waals surface area contributed by atoms with Crippen molar-refractivity contribution in [2.45, 2.75) is 44.9 Å². The Labute approximate surface area is 402 Å². The van der Waals surface area contributed by atoms with Crippen LogP contribution in [0, 0.1) is 26.1 Å². The van der Waals surface area contributed by atoms with Crippen LogP contribution in [0.25, 0.3) is 10.8 Å². The van der Waals surface area contributed by atoms with E-state index in [1.54, 1.807) is 26.4 Å². The highest BCUT2D eigenvalue weighted by Crippen LogP contribution is 2.38. The predicted octanol–water partition coefficient (Wildman–Crippen LogP) is 9.27. The third-order valence-electron chi connectivity index (χ3n) is 11.3. The maximum atomic E-state index is 14.0. The van der Waals surface area contributed by atoms with Gasteiger partial charge in [-0.05, 0) is 82.2 Å². The first-order valence-corrected chi connectivity index (χ1v) is 22.2. The Hall–Kier alpha value is -8.16. The maximum absolute atomic E-state index is 14.0. The molecule has 0 N–H and O–H groups in total. The number of hydrogen-bond acceptors (Lipinski definition) is 16. The molecular formula is C51H51N3O16. The van der Waals surface area contributed by atoms with Gasteiger partial charge in [0.05, 0.1) is 53.3 Å². The van der Waals surface area contributed by atoms with Crippen molar-refractivity contribution in [3.8, 4) is 28.7 Å². The molecule has 1 fully saturated rings. The van der Waals surface area contributed by atoms with Gasteiger partial charge < -0.3 is 52.5 Å². The van der Waals surface area contributed by atoms with Crippen molar-refractivity contribution in [1.29, 1.82) is 0 Å². The minimum absolute atomic E-state index is 0.0629. The van der Waals surface area contributed by atoms with Crippen LogP contribution in [0.1, 0.15) is 40.2 Å². The van der Waals surface area contributed by atoms with Gasteiger partial charge in [0.1, 0.15) is 48.6 Å². The SMILES string of the molecule is COc1ccccc1COCCCOc1ccc(C2C(COC(=O)Oc3ccc(CO[N+](=O)[O-])cc3)CN(C(=O)Oc3ccc(CO[N+](=O)[O-])cc3)CC2OCc2cc(OC)c3ccccc3c2)cc1. The molecule has 366 valence electrons. The molecule has 0 radical (unpaired) electrons.